The number of amides is 5. The van der Waals surface area contributed by atoms with Crippen LogP contribution in [0.4, 0.5) is 10.5 Å². The maximum absolute atomic E-state index is 12.3. The molecule has 0 N–H and O–H groups in total. The van der Waals surface area contributed by atoms with Gasteiger partial charge in [-0.25, -0.2) is 9.69 Å². The fourth-order valence-corrected chi connectivity index (χ4v) is 2.95. The molecule has 0 spiro atoms. The standard InChI is InChI=1S/C17H17N3O5/c1-2-18-15(23)16(24)20(17(18)25)10-13(21)11-5-7-12(8-6-11)19-9-3-4-14(19)22/h5-8H,2-4,9-10H2,1H3. The third-order valence-corrected chi connectivity index (χ3v) is 4.33. The van der Waals surface area contributed by atoms with Crippen LogP contribution in [0.5, 0.6) is 0 Å². The molecule has 0 saturated carbocycles. The number of anilines is 1. The quantitative estimate of drug-likeness (QED) is 0.448. The van der Waals surface area contributed by atoms with Gasteiger partial charge in [0.15, 0.2) is 5.78 Å². The molecule has 1 aromatic carbocycles. The molecule has 25 heavy (non-hydrogen) atoms. The number of Topliss-reactive ketones (excluding diaryl/α,β-unsaturated/α-hetero) is 1. The van der Waals surface area contributed by atoms with Crippen molar-refractivity contribution < 1.29 is 24.0 Å². The summed E-state index contributed by atoms with van der Waals surface area (Å²) in [6.07, 6.45) is 1.32. The second-order valence-electron chi connectivity index (χ2n) is 5.84. The summed E-state index contributed by atoms with van der Waals surface area (Å²) in [5.41, 5.74) is 1.01. The van der Waals surface area contributed by atoms with E-state index in [4.69, 9.17) is 0 Å². The minimum atomic E-state index is -0.987. The molecule has 8 heteroatoms. The van der Waals surface area contributed by atoms with Gasteiger partial charge in [-0.2, -0.15) is 0 Å². The normalized spacial score (nSPS) is 17.9. The number of imide groups is 2. The van der Waals surface area contributed by atoms with Gasteiger partial charge in [-0.3, -0.25) is 24.1 Å². The number of urea groups is 1. The first-order valence-corrected chi connectivity index (χ1v) is 8.05. The number of benzene rings is 1. The lowest BCUT2D eigenvalue weighted by molar-refractivity contribution is -0.143. The highest BCUT2D eigenvalue weighted by Gasteiger charge is 2.44. The van der Waals surface area contributed by atoms with Gasteiger partial charge in [0.2, 0.25) is 5.91 Å². The summed E-state index contributed by atoms with van der Waals surface area (Å²) in [7, 11) is 0. The fraction of sp³-hybridized carbons (Fsp3) is 0.353. The van der Waals surface area contributed by atoms with E-state index in [1.807, 2.05) is 0 Å². The summed E-state index contributed by atoms with van der Waals surface area (Å²) in [5, 5.41) is 0. The number of likely N-dealkylation sites (N-methyl/N-ethyl adjacent to an activating group) is 1. The van der Waals surface area contributed by atoms with Gasteiger partial charge < -0.3 is 4.90 Å². The minimum absolute atomic E-state index is 0.0468. The van der Waals surface area contributed by atoms with Gasteiger partial charge in [0.25, 0.3) is 0 Å². The first-order valence-electron chi connectivity index (χ1n) is 8.05. The Bertz CT molecular complexity index is 771. The number of rotatable bonds is 5. The van der Waals surface area contributed by atoms with Crippen LogP contribution in [0.25, 0.3) is 0 Å². The maximum Gasteiger partial charge on any atom is 0.334 e. The Hall–Kier alpha value is -3.03. The van der Waals surface area contributed by atoms with E-state index < -0.39 is 30.2 Å². The lowest BCUT2D eigenvalue weighted by atomic mass is 10.1. The van der Waals surface area contributed by atoms with Crippen LogP contribution in [-0.4, -0.2) is 59.0 Å². The van der Waals surface area contributed by atoms with Crippen LogP contribution >= 0.6 is 0 Å². The molecule has 0 unspecified atom stereocenters. The molecule has 1 aromatic rings. The van der Waals surface area contributed by atoms with Crippen molar-refractivity contribution in [1.29, 1.82) is 0 Å². The van der Waals surface area contributed by atoms with Gasteiger partial charge in [0.1, 0.15) is 0 Å². The SMILES string of the molecule is CCN1C(=O)C(=O)N(CC(=O)c2ccc(N3CCCC3=O)cc2)C1=O. The molecule has 8 nitrogen and oxygen atoms in total. The van der Waals surface area contributed by atoms with Crippen molar-refractivity contribution >= 4 is 35.2 Å². The van der Waals surface area contributed by atoms with Crippen LogP contribution in [0, 0.1) is 0 Å². The average molecular weight is 343 g/mol. The van der Waals surface area contributed by atoms with E-state index >= 15 is 0 Å². The summed E-state index contributed by atoms with van der Waals surface area (Å²) in [6.45, 7) is 1.82. The molecule has 2 heterocycles. The summed E-state index contributed by atoms with van der Waals surface area (Å²) < 4.78 is 0. The van der Waals surface area contributed by atoms with Gasteiger partial charge in [0, 0.05) is 30.8 Å². The topological polar surface area (TPSA) is 95.1 Å². The zero-order chi connectivity index (χ0) is 18.1. The third-order valence-electron chi connectivity index (χ3n) is 4.33. The molecule has 0 radical (unpaired) electrons. The molecule has 0 atom stereocenters. The number of hydrogen-bond acceptors (Lipinski definition) is 5. The highest BCUT2D eigenvalue weighted by molar-refractivity contribution is 6.45. The highest BCUT2D eigenvalue weighted by atomic mass is 16.2. The van der Waals surface area contributed by atoms with Crippen LogP contribution in [0.3, 0.4) is 0 Å². The van der Waals surface area contributed by atoms with Crippen molar-refractivity contribution in [3.8, 4) is 0 Å². The average Bonchev–Trinajstić information content (AvgIpc) is 3.12. The lowest BCUT2D eigenvalue weighted by Gasteiger charge is -2.16. The predicted molar refractivity (Wildman–Crippen MR) is 86.9 cm³/mol. The Kier molecular flexibility index (Phi) is 4.35. The molecule has 0 bridgehead atoms. The predicted octanol–water partition coefficient (Wildman–Crippen LogP) is 0.807. The zero-order valence-electron chi connectivity index (χ0n) is 13.7. The number of nitrogens with zero attached hydrogens (tertiary/aromatic N) is 3. The summed E-state index contributed by atoms with van der Waals surface area (Å²) in [6, 6.07) is 5.65. The van der Waals surface area contributed by atoms with E-state index in [-0.39, 0.29) is 12.5 Å². The molecule has 5 amide bonds. The first kappa shape index (κ1) is 16.8. The van der Waals surface area contributed by atoms with Crippen LogP contribution < -0.4 is 4.90 Å². The van der Waals surface area contributed by atoms with Crippen molar-refractivity contribution in [2.45, 2.75) is 19.8 Å². The summed E-state index contributed by atoms with van der Waals surface area (Å²) >= 11 is 0. The number of carbonyl (C=O) groups is 5. The molecule has 2 aliphatic heterocycles. The van der Waals surface area contributed by atoms with E-state index in [1.54, 1.807) is 36.1 Å². The fourth-order valence-electron chi connectivity index (χ4n) is 2.95. The molecule has 2 aliphatic rings. The van der Waals surface area contributed by atoms with Gasteiger partial charge in [-0.1, -0.05) is 0 Å². The van der Waals surface area contributed by atoms with Crippen molar-refractivity contribution in [2.75, 3.05) is 24.5 Å². The molecule has 0 aliphatic carbocycles. The van der Waals surface area contributed by atoms with Crippen molar-refractivity contribution in [3.05, 3.63) is 29.8 Å². The van der Waals surface area contributed by atoms with Crippen LogP contribution in [0.15, 0.2) is 24.3 Å². The van der Waals surface area contributed by atoms with Crippen LogP contribution in [0.1, 0.15) is 30.1 Å². The highest BCUT2D eigenvalue weighted by Crippen LogP contribution is 2.22. The van der Waals surface area contributed by atoms with Crippen LogP contribution in [0.2, 0.25) is 0 Å². The number of hydrogen-bond donors (Lipinski definition) is 0. The van der Waals surface area contributed by atoms with Gasteiger partial charge in [-0.05, 0) is 37.6 Å². The van der Waals surface area contributed by atoms with Crippen LogP contribution in [-0.2, 0) is 14.4 Å². The maximum atomic E-state index is 12.3. The zero-order valence-corrected chi connectivity index (χ0v) is 13.7. The van der Waals surface area contributed by atoms with Gasteiger partial charge in [0.05, 0.1) is 6.54 Å². The molecule has 2 fully saturated rings. The molecule has 130 valence electrons. The third kappa shape index (κ3) is 2.90. The number of carbonyl (C=O) groups excluding carboxylic acids is 5. The van der Waals surface area contributed by atoms with E-state index in [0.717, 1.165) is 11.3 Å². The molecule has 3 rings (SSSR count). The molecule has 0 aromatic heterocycles. The lowest BCUT2D eigenvalue weighted by Crippen LogP contribution is -2.37. The smallest absolute Gasteiger partial charge is 0.312 e. The van der Waals surface area contributed by atoms with Gasteiger partial charge in [-0.15, -0.1) is 0 Å². The second kappa shape index (κ2) is 6.46. The molecule has 2 saturated heterocycles. The van der Waals surface area contributed by atoms with Crippen molar-refractivity contribution in [1.82, 2.24) is 9.80 Å². The van der Waals surface area contributed by atoms with Gasteiger partial charge >= 0.3 is 17.8 Å². The van der Waals surface area contributed by atoms with Crippen molar-refractivity contribution in [3.63, 3.8) is 0 Å². The Balaban J connectivity index is 1.71. The van der Waals surface area contributed by atoms with E-state index in [2.05, 4.69) is 0 Å². The summed E-state index contributed by atoms with van der Waals surface area (Å²) in [5.74, 6) is -2.31. The Morgan fingerprint density at radius 3 is 2.16 bits per heavy atom. The summed E-state index contributed by atoms with van der Waals surface area (Å²) in [4.78, 5) is 62.7. The van der Waals surface area contributed by atoms with Crippen molar-refractivity contribution in [2.24, 2.45) is 0 Å². The first-order chi connectivity index (χ1) is 11.9. The molecular weight excluding hydrogens is 326 g/mol. The Morgan fingerprint density at radius 1 is 1.00 bits per heavy atom. The second-order valence-corrected chi connectivity index (χ2v) is 5.84. The number of ketones is 1. The van der Waals surface area contributed by atoms with E-state index in [0.29, 0.717) is 29.1 Å². The minimum Gasteiger partial charge on any atom is -0.312 e. The van der Waals surface area contributed by atoms with E-state index in [9.17, 15) is 24.0 Å². The van der Waals surface area contributed by atoms with E-state index in [1.165, 1.54) is 0 Å². The molecular formula is C17H17N3O5. The Morgan fingerprint density at radius 2 is 1.64 bits per heavy atom. The Labute approximate surface area is 144 Å². The monoisotopic (exact) mass is 343 g/mol. The largest absolute Gasteiger partial charge is 0.334 e.